The van der Waals surface area contributed by atoms with Gasteiger partial charge >= 0.3 is 5.97 Å². The molecule has 2 aromatic carbocycles. The number of rotatable bonds is 34. The number of thioether (sulfide) groups is 1. The molecule has 14 atom stereocenters. The van der Waals surface area contributed by atoms with Crippen molar-refractivity contribution < 1.29 is 91.4 Å². The van der Waals surface area contributed by atoms with E-state index in [1.54, 1.807) is 109 Å². The summed E-state index contributed by atoms with van der Waals surface area (Å²) in [7, 11) is 1.49. The van der Waals surface area contributed by atoms with Gasteiger partial charge < -0.3 is 112 Å². The number of aromatic amines is 1. The van der Waals surface area contributed by atoms with E-state index in [0.29, 0.717) is 34.2 Å². The number of carboxylic acids is 1. The second kappa shape index (κ2) is 49.5. The maximum absolute atomic E-state index is 15.3. The van der Waals surface area contributed by atoms with Gasteiger partial charge in [-0.2, -0.15) is 11.8 Å². The van der Waals surface area contributed by atoms with E-state index in [4.69, 9.17) is 22.9 Å². The first-order valence-electron chi connectivity index (χ1n) is 39.7. The van der Waals surface area contributed by atoms with E-state index in [1.165, 1.54) is 37.4 Å². The first-order valence-corrected chi connectivity index (χ1v) is 43.6. The Hall–Kier alpha value is -11.2. The molecule has 17 amide bonds. The summed E-state index contributed by atoms with van der Waals surface area (Å²) in [4.78, 5) is 263. The standard InChI is InChI=1S/C78H117N21O19S3/c1-38(2)29-54-77(118)99-27-18-24-57(99)73(114)86-42(9)65(106)94-55(71(112)90-49(23-17-26-83-78(81)82)66(107)97-62(40(5)6)75(116)89-48(64(80)105)25-28-119-11)36-120-121-37-56(95-76(117)63(41(7)8)98-70(111)53(33-60(103)104)93-67(108)50(87-43(10)100)30-44-19-13-12-14-20-44)72(113)92-52(32-58(79)101)68(109)91-51(31-45-34-84-47-22-16-15-21-46(45)47)69(110)96-61(39(3)4)74(115)85-35-59(102)88-54/h12-16,19-22,34,38-42,48-57,61-63,84H,17-18,23-33,35-37H2,1-11H3,(H2,79,101)(H2,80,105)(H,85,115)(H,86,114)(H,87,100)(H,88,102)(H,89,116)(H,90,112)(H,91,109)(H,92,113)(H,93,108)(H,94,106)(H,95,117)(H,96,110)(H,97,107)(H,98,111)(H,103,104)(H4,81,82,83)/t42-,48-,49-,50-,51-,52-,53-,54-,55-,56-,57-,61-,62-,63-/m0/s1. The molecule has 5 rings (SSSR count). The molecule has 2 saturated heterocycles. The summed E-state index contributed by atoms with van der Waals surface area (Å²) in [6, 6.07) is -6.48. The predicted molar refractivity (Wildman–Crippen MR) is 453 cm³/mol. The number of nitrogens with one attached hydrogen (secondary N) is 15. The summed E-state index contributed by atoms with van der Waals surface area (Å²) in [6.07, 6.45) is 1.24. The molecule has 666 valence electrons. The van der Waals surface area contributed by atoms with Gasteiger partial charge in [0.05, 0.1) is 19.4 Å². The Kier molecular flexibility index (Phi) is 41.0. The third-order valence-electron chi connectivity index (χ3n) is 19.5. The van der Waals surface area contributed by atoms with E-state index in [9.17, 15) is 72.2 Å². The van der Waals surface area contributed by atoms with Crippen LogP contribution >= 0.6 is 33.3 Å². The lowest BCUT2D eigenvalue weighted by Gasteiger charge is -2.30. The van der Waals surface area contributed by atoms with Crippen LogP contribution < -0.4 is 97.4 Å². The fourth-order valence-corrected chi connectivity index (χ4v) is 15.9. The molecule has 0 bridgehead atoms. The summed E-state index contributed by atoms with van der Waals surface area (Å²) in [5.41, 5.74) is 24.3. The summed E-state index contributed by atoms with van der Waals surface area (Å²) >= 11 is 1.39. The molecule has 0 radical (unpaired) electrons. The Morgan fingerprint density at radius 2 is 1.24 bits per heavy atom. The van der Waals surface area contributed by atoms with E-state index in [2.05, 4.69) is 84.4 Å². The van der Waals surface area contributed by atoms with Gasteiger partial charge in [0.25, 0.3) is 0 Å². The number of nitrogens with zero attached hydrogens (tertiary/aromatic N) is 2. The SMILES string of the molecule is CSCC[C@H](NC(=O)[C@@H](NC(=O)[C@H](CCCN=C(N)N)NC(=O)[C@@H]1CSSC[C@H](NC(=O)[C@@H](NC(=O)[C@H](CC(=O)O)NC(=O)[C@H](Cc2ccccc2)NC(C)=O)C(C)C)C(=O)N[C@@H](CC(N)=O)C(=O)N[C@@H](Cc2c[nH]c3ccccc23)C(=O)N[C@@H](C(C)C)C(=O)NCC(=O)N[C@@H](CC(C)C)C(=O)N2CCC[C@H]2C(=O)N[C@@H](C)C(=O)N1)C(C)C)C(N)=O. The normalized spacial score (nSPS) is 21.1. The third kappa shape index (κ3) is 33.0. The van der Waals surface area contributed by atoms with E-state index < -0.39 is 240 Å². The van der Waals surface area contributed by atoms with Gasteiger partial charge in [-0.05, 0) is 98.3 Å². The molecule has 3 aromatic rings. The van der Waals surface area contributed by atoms with Gasteiger partial charge in [0.1, 0.15) is 84.6 Å². The van der Waals surface area contributed by atoms with Gasteiger partial charge in [-0.3, -0.25) is 91.3 Å². The van der Waals surface area contributed by atoms with Gasteiger partial charge in [-0.1, -0.05) is 126 Å². The Morgan fingerprint density at radius 3 is 1.85 bits per heavy atom. The van der Waals surface area contributed by atoms with Crippen molar-refractivity contribution in [2.45, 2.75) is 218 Å². The molecule has 1 aromatic heterocycles. The second-order valence-corrected chi connectivity index (χ2v) is 34.5. The van der Waals surface area contributed by atoms with Crippen LogP contribution in [0.1, 0.15) is 132 Å². The number of carboxylic acid groups (broad SMARTS) is 1. The van der Waals surface area contributed by atoms with E-state index in [-0.39, 0.29) is 69.9 Å². The highest BCUT2D eigenvalue weighted by atomic mass is 33.1. The number of amides is 17. The van der Waals surface area contributed by atoms with Crippen molar-refractivity contribution in [1.82, 2.24) is 84.3 Å². The number of carbonyl (C=O) groups excluding carboxylic acids is 17. The number of primary amides is 2. The molecule has 24 N–H and O–H groups in total. The van der Waals surface area contributed by atoms with Crippen LogP contribution in [0.5, 0.6) is 0 Å². The summed E-state index contributed by atoms with van der Waals surface area (Å²) in [5, 5.41) is 46.5. The van der Waals surface area contributed by atoms with Crippen molar-refractivity contribution in [2.75, 3.05) is 43.1 Å². The minimum absolute atomic E-state index is 0.00850. The van der Waals surface area contributed by atoms with E-state index >= 15 is 19.2 Å². The van der Waals surface area contributed by atoms with Crippen LogP contribution in [-0.2, 0) is 99.1 Å². The first-order chi connectivity index (χ1) is 57.1. The van der Waals surface area contributed by atoms with Gasteiger partial charge in [0.2, 0.25) is 100 Å². The molecule has 2 aliphatic rings. The fraction of sp³-hybridized carbons (Fsp3) is 0.577. The largest absolute Gasteiger partial charge is 0.481 e. The van der Waals surface area contributed by atoms with Gasteiger partial charge in [-0.25, -0.2) is 0 Å². The molecule has 2 aliphatic heterocycles. The number of guanidine groups is 1. The number of aromatic nitrogens is 1. The molecule has 2 fully saturated rings. The average molecular weight is 1750 g/mol. The zero-order chi connectivity index (χ0) is 90.1. The number of aliphatic imine (C=N–C) groups is 1. The second-order valence-electron chi connectivity index (χ2n) is 31.0. The van der Waals surface area contributed by atoms with Crippen LogP contribution in [0, 0.1) is 23.7 Å². The zero-order valence-corrected chi connectivity index (χ0v) is 72.2. The Balaban J connectivity index is 1.67. The predicted octanol–water partition coefficient (Wildman–Crippen LogP) is -3.55. The number of fused-ring (bicyclic) bond motifs is 2. The van der Waals surface area contributed by atoms with E-state index in [0.717, 1.165) is 28.5 Å². The fourth-order valence-electron chi connectivity index (χ4n) is 13.1. The van der Waals surface area contributed by atoms with Crippen molar-refractivity contribution >= 4 is 157 Å². The molecule has 40 nitrogen and oxygen atoms in total. The number of hydrogen-bond acceptors (Lipinski definition) is 22. The molecule has 43 heteroatoms. The smallest absolute Gasteiger partial charge is 0.305 e. The highest BCUT2D eigenvalue weighted by Gasteiger charge is 2.42. The zero-order valence-electron chi connectivity index (χ0n) is 69.7. The molecule has 0 spiro atoms. The van der Waals surface area contributed by atoms with Crippen molar-refractivity contribution in [2.24, 2.45) is 51.6 Å². The molecular weight excluding hydrogens is 1630 g/mol. The summed E-state index contributed by atoms with van der Waals surface area (Å²) in [5.74, 6) is -21.7. The number of para-hydroxylation sites is 1. The Morgan fingerprint density at radius 1 is 0.628 bits per heavy atom. The Labute approximate surface area is 713 Å². The van der Waals surface area contributed by atoms with Gasteiger partial charge in [-0.15, -0.1) is 0 Å². The molecule has 0 unspecified atom stereocenters. The highest BCUT2D eigenvalue weighted by molar-refractivity contribution is 8.76. The molecular formula is C78H117N21O19S3. The minimum Gasteiger partial charge on any atom is -0.481 e. The lowest BCUT2D eigenvalue weighted by atomic mass is 10.00. The monoisotopic (exact) mass is 1750 g/mol. The topological polar surface area (TPSA) is 631 Å². The highest BCUT2D eigenvalue weighted by Crippen LogP contribution is 2.26. The van der Waals surface area contributed by atoms with Crippen LogP contribution in [0.4, 0.5) is 0 Å². The summed E-state index contributed by atoms with van der Waals surface area (Å²) < 4.78 is 0. The molecule has 0 aliphatic carbocycles. The minimum atomic E-state index is -2.01. The van der Waals surface area contributed by atoms with Gasteiger partial charge in [0, 0.05) is 61.5 Å². The molecule has 0 saturated carbocycles. The van der Waals surface area contributed by atoms with Gasteiger partial charge in [0.15, 0.2) is 5.96 Å². The number of H-pyrrole nitrogens is 1. The molecule has 3 heterocycles. The number of benzene rings is 2. The first kappa shape index (κ1) is 100. The van der Waals surface area contributed by atoms with Crippen LogP contribution in [0.25, 0.3) is 10.9 Å². The van der Waals surface area contributed by atoms with Crippen molar-refractivity contribution in [3.8, 4) is 0 Å². The lowest BCUT2D eigenvalue weighted by molar-refractivity contribution is -0.142. The average Bonchev–Trinajstić information content (AvgIpc) is 1.74. The number of hydrogen-bond donors (Lipinski definition) is 20. The number of carbonyl (C=O) groups is 18. The van der Waals surface area contributed by atoms with E-state index in [1.807, 2.05) is 0 Å². The number of nitrogens with two attached hydrogens (primary N) is 4. The molecule has 121 heavy (non-hydrogen) atoms. The summed E-state index contributed by atoms with van der Waals surface area (Å²) in [6.45, 7) is 14.5. The lowest BCUT2D eigenvalue weighted by Crippen LogP contribution is -2.62. The van der Waals surface area contributed by atoms with Crippen LogP contribution in [0.2, 0.25) is 0 Å². The van der Waals surface area contributed by atoms with Crippen LogP contribution in [-0.4, -0.2) is 255 Å². The number of aliphatic carboxylic acids is 1. The van der Waals surface area contributed by atoms with Crippen molar-refractivity contribution in [1.29, 1.82) is 0 Å². The third-order valence-corrected chi connectivity index (χ3v) is 22.6. The van der Waals surface area contributed by atoms with Crippen LogP contribution in [0.3, 0.4) is 0 Å². The maximum Gasteiger partial charge on any atom is 0.305 e. The maximum atomic E-state index is 15.3. The van der Waals surface area contributed by atoms with Crippen molar-refractivity contribution in [3.63, 3.8) is 0 Å². The van der Waals surface area contributed by atoms with Crippen LogP contribution in [0.15, 0.2) is 65.8 Å². The Bertz CT molecular complexity index is 4210. The quantitative estimate of drug-likeness (QED) is 0.0119. The van der Waals surface area contributed by atoms with Crippen molar-refractivity contribution in [3.05, 3.63) is 71.9 Å².